The van der Waals surface area contributed by atoms with Gasteiger partial charge in [0.1, 0.15) is 0 Å². The first-order valence-corrected chi connectivity index (χ1v) is 12.5. The van der Waals surface area contributed by atoms with Crippen LogP contribution in [0.5, 0.6) is 0 Å². The summed E-state index contributed by atoms with van der Waals surface area (Å²) in [5.41, 5.74) is 7.89. The maximum atomic E-state index is 4.69. The van der Waals surface area contributed by atoms with Crippen molar-refractivity contribution in [3.63, 3.8) is 0 Å². The summed E-state index contributed by atoms with van der Waals surface area (Å²) < 4.78 is 2.35. The minimum atomic E-state index is 0.949. The molecule has 2 aromatic heterocycles. The zero-order valence-corrected chi connectivity index (χ0v) is 20.0. The molecule has 0 amide bonds. The Bertz CT molecular complexity index is 2050. The quantitative estimate of drug-likeness (QED) is 0.236. The van der Waals surface area contributed by atoms with Crippen LogP contribution >= 0.6 is 0 Å². The second-order valence-electron chi connectivity index (χ2n) is 9.48. The predicted molar refractivity (Wildman–Crippen MR) is 154 cm³/mol. The van der Waals surface area contributed by atoms with Crippen LogP contribution in [-0.2, 0) is 0 Å². The fourth-order valence-corrected chi connectivity index (χ4v) is 5.81. The van der Waals surface area contributed by atoms with E-state index in [0.717, 1.165) is 27.5 Å². The number of hydrogen-bond donors (Lipinski definition) is 0. The first-order chi connectivity index (χ1) is 18.4. The van der Waals surface area contributed by atoms with E-state index in [0.29, 0.717) is 0 Å². The van der Waals surface area contributed by atoms with Crippen LogP contribution in [0.2, 0.25) is 0 Å². The van der Waals surface area contributed by atoms with Crippen molar-refractivity contribution in [3.8, 4) is 16.8 Å². The second kappa shape index (κ2) is 7.74. The van der Waals surface area contributed by atoms with Crippen molar-refractivity contribution >= 4 is 54.4 Å². The first-order valence-electron chi connectivity index (χ1n) is 12.5. The SMILES string of the molecule is c1ccc2c(c1)c1cc(-c3ccc(-n4c5ccccc5c5ccccc54)cc3)ccc1c1nccnc21. The molecule has 0 fully saturated rings. The van der Waals surface area contributed by atoms with E-state index in [1.807, 2.05) is 0 Å². The summed E-state index contributed by atoms with van der Waals surface area (Å²) in [6, 6.07) is 41.3. The van der Waals surface area contributed by atoms with Crippen molar-refractivity contribution in [1.29, 1.82) is 0 Å². The van der Waals surface area contributed by atoms with Gasteiger partial charge in [0.05, 0.1) is 22.1 Å². The average molecular weight is 472 g/mol. The van der Waals surface area contributed by atoms with Gasteiger partial charge in [0.25, 0.3) is 0 Å². The molecule has 3 nitrogen and oxygen atoms in total. The van der Waals surface area contributed by atoms with Gasteiger partial charge in [0, 0.05) is 39.6 Å². The molecule has 0 bridgehead atoms. The highest BCUT2D eigenvalue weighted by atomic mass is 15.0. The fourth-order valence-electron chi connectivity index (χ4n) is 5.81. The van der Waals surface area contributed by atoms with Gasteiger partial charge in [-0.1, -0.05) is 84.9 Å². The van der Waals surface area contributed by atoms with Gasteiger partial charge in [0.2, 0.25) is 0 Å². The molecule has 2 heterocycles. The molecule has 8 aromatic rings. The molecular weight excluding hydrogens is 450 g/mol. The van der Waals surface area contributed by atoms with Gasteiger partial charge in [-0.2, -0.15) is 0 Å². The van der Waals surface area contributed by atoms with Crippen molar-refractivity contribution in [3.05, 3.63) is 128 Å². The van der Waals surface area contributed by atoms with E-state index in [2.05, 4.69) is 130 Å². The summed E-state index contributed by atoms with van der Waals surface area (Å²) >= 11 is 0. The van der Waals surface area contributed by atoms with Crippen LogP contribution in [0.4, 0.5) is 0 Å². The highest BCUT2D eigenvalue weighted by Crippen LogP contribution is 2.36. The third kappa shape index (κ3) is 2.95. The molecule has 0 aliphatic rings. The van der Waals surface area contributed by atoms with Crippen molar-refractivity contribution in [2.75, 3.05) is 0 Å². The molecule has 0 unspecified atom stereocenters. The normalized spacial score (nSPS) is 11.8. The summed E-state index contributed by atoms with van der Waals surface area (Å²) in [4.78, 5) is 9.34. The van der Waals surface area contributed by atoms with E-state index in [9.17, 15) is 0 Å². The van der Waals surface area contributed by atoms with E-state index >= 15 is 0 Å². The van der Waals surface area contributed by atoms with E-state index < -0.39 is 0 Å². The lowest BCUT2D eigenvalue weighted by Crippen LogP contribution is -1.93. The summed E-state index contributed by atoms with van der Waals surface area (Å²) in [6.07, 6.45) is 3.55. The van der Waals surface area contributed by atoms with Gasteiger partial charge in [-0.05, 0) is 52.2 Å². The van der Waals surface area contributed by atoms with Gasteiger partial charge in [-0.3, -0.25) is 9.97 Å². The number of hydrogen-bond acceptors (Lipinski definition) is 2. The molecule has 6 aromatic carbocycles. The van der Waals surface area contributed by atoms with Crippen LogP contribution in [0.3, 0.4) is 0 Å². The molecule has 0 radical (unpaired) electrons. The third-order valence-electron chi connectivity index (χ3n) is 7.48. The Balaban J connectivity index is 1.31. The summed E-state index contributed by atoms with van der Waals surface area (Å²) in [5.74, 6) is 0. The van der Waals surface area contributed by atoms with E-state index in [1.165, 1.54) is 43.7 Å². The number of benzene rings is 6. The Labute approximate surface area is 213 Å². The molecule has 0 saturated heterocycles. The Kier molecular flexibility index (Phi) is 4.23. The van der Waals surface area contributed by atoms with Crippen molar-refractivity contribution in [1.82, 2.24) is 14.5 Å². The number of rotatable bonds is 2. The van der Waals surface area contributed by atoms with Gasteiger partial charge >= 0.3 is 0 Å². The average Bonchev–Trinajstić information content (AvgIpc) is 3.32. The summed E-state index contributed by atoms with van der Waals surface area (Å²) in [7, 11) is 0. The smallest absolute Gasteiger partial charge is 0.0971 e. The lowest BCUT2D eigenvalue weighted by atomic mass is 9.95. The maximum absolute atomic E-state index is 4.69. The number of para-hydroxylation sites is 2. The monoisotopic (exact) mass is 471 g/mol. The lowest BCUT2D eigenvalue weighted by molar-refractivity contribution is 1.18. The fraction of sp³-hybridized carbons (Fsp3) is 0. The summed E-state index contributed by atoms with van der Waals surface area (Å²) in [5, 5.41) is 7.23. The van der Waals surface area contributed by atoms with Crippen LogP contribution in [0.25, 0.3) is 71.2 Å². The Morgan fingerprint density at radius 3 is 1.57 bits per heavy atom. The van der Waals surface area contributed by atoms with Crippen molar-refractivity contribution < 1.29 is 0 Å². The Hall–Kier alpha value is -5.02. The minimum absolute atomic E-state index is 0.949. The number of nitrogens with zero attached hydrogens (tertiary/aromatic N) is 3. The van der Waals surface area contributed by atoms with Gasteiger partial charge in [-0.15, -0.1) is 0 Å². The standard InChI is InChI=1S/C34H21N3/c1-2-10-28-25(7-1)30-21-23(15-18-29(30)34-33(28)35-19-20-36-34)22-13-16-24(17-14-22)37-31-11-5-3-8-26(31)27-9-4-6-12-32(27)37/h1-21H. The first kappa shape index (κ1) is 20.2. The molecule has 0 N–H and O–H groups in total. The van der Waals surface area contributed by atoms with E-state index in [4.69, 9.17) is 0 Å². The molecule has 37 heavy (non-hydrogen) atoms. The van der Waals surface area contributed by atoms with E-state index in [1.54, 1.807) is 12.4 Å². The van der Waals surface area contributed by atoms with E-state index in [-0.39, 0.29) is 0 Å². The van der Waals surface area contributed by atoms with Gasteiger partial charge in [-0.25, -0.2) is 0 Å². The van der Waals surface area contributed by atoms with Crippen molar-refractivity contribution in [2.45, 2.75) is 0 Å². The molecular formula is C34H21N3. The summed E-state index contributed by atoms with van der Waals surface area (Å²) in [6.45, 7) is 0. The highest BCUT2D eigenvalue weighted by Gasteiger charge is 2.13. The molecule has 8 rings (SSSR count). The molecule has 172 valence electrons. The van der Waals surface area contributed by atoms with Crippen LogP contribution in [0, 0.1) is 0 Å². The lowest BCUT2D eigenvalue weighted by Gasteiger charge is -2.12. The molecule has 0 saturated carbocycles. The number of fused-ring (bicyclic) bond motifs is 9. The predicted octanol–water partition coefficient (Wildman–Crippen LogP) is 8.70. The second-order valence-corrected chi connectivity index (χ2v) is 9.48. The van der Waals surface area contributed by atoms with Crippen LogP contribution < -0.4 is 0 Å². The molecule has 3 heteroatoms. The highest BCUT2D eigenvalue weighted by molar-refractivity contribution is 6.23. The maximum Gasteiger partial charge on any atom is 0.0971 e. The topological polar surface area (TPSA) is 30.7 Å². The van der Waals surface area contributed by atoms with Gasteiger partial charge < -0.3 is 4.57 Å². The molecule has 0 spiro atoms. The Morgan fingerprint density at radius 1 is 0.405 bits per heavy atom. The largest absolute Gasteiger partial charge is 0.309 e. The molecule has 0 aliphatic heterocycles. The molecule has 0 aliphatic carbocycles. The zero-order valence-electron chi connectivity index (χ0n) is 20.0. The minimum Gasteiger partial charge on any atom is -0.309 e. The van der Waals surface area contributed by atoms with Gasteiger partial charge in [0.15, 0.2) is 0 Å². The third-order valence-corrected chi connectivity index (χ3v) is 7.48. The molecule has 0 atom stereocenters. The van der Waals surface area contributed by atoms with Crippen LogP contribution in [0.1, 0.15) is 0 Å². The Morgan fingerprint density at radius 2 is 0.919 bits per heavy atom. The van der Waals surface area contributed by atoms with Crippen LogP contribution in [-0.4, -0.2) is 14.5 Å². The van der Waals surface area contributed by atoms with Crippen LogP contribution in [0.15, 0.2) is 128 Å². The zero-order chi connectivity index (χ0) is 24.3. The van der Waals surface area contributed by atoms with Crippen molar-refractivity contribution in [2.24, 2.45) is 0 Å². The number of aromatic nitrogens is 3.